The predicted octanol–water partition coefficient (Wildman–Crippen LogP) is 2.97. The summed E-state index contributed by atoms with van der Waals surface area (Å²) in [5.74, 6) is 0. The Balaban J connectivity index is 3.38. The highest BCUT2D eigenvalue weighted by molar-refractivity contribution is 9.10. The first-order valence-corrected chi connectivity index (χ1v) is 4.23. The van der Waals surface area contributed by atoms with Crippen molar-refractivity contribution in [3.8, 4) is 0 Å². The molecule has 0 unspecified atom stereocenters. The third-order valence-electron chi connectivity index (χ3n) is 1.58. The van der Waals surface area contributed by atoms with E-state index in [-0.39, 0.29) is 10.6 Å². The van der Waals surface area contributed by atoms with Crippen molar-refractivity contribution in [2.75, 3.05) is 0 Å². The molecule has 1 rings (SSSR count). The predicted molar refractivity (Wildman–Crippen MR) is 50.3 cm³/mol. The topological polar surface area (TPSA) is 43.1 Å². The quantitative estimate of drug-likeness (QED) is 0.549. The fourth-order valence-corrected chi connectivity index (χ4v) is 1.96. The van der Waals surface area contributed by atoms with Crippen LogP contribution in [-0.2, 0) is 0 Å². The van der Waals surface area contributed by atoms with Crippen LogP contribution in [0.15, 0.2) is 16.6 Å². The molecular formula is C8H8BrNO2. The van der Waals surface area contributed by atoms with Crippen molar-refractivity contribution < 1.29 is 4.92 Å². The van der Waals surface area contributed by atoms with E-state index in [2.05, 4.69) is 15.9 Å². The van der Waals surface area contributed by atoms with Crippen molar-refractivity contribution in [1.29, 1.82) is 0 Å². The van der Waals surface area contributed by atoms with E-state index >= 15 is 0 Å². The maximum atomic E-state index is 10.5. The summed E-state index contributed by atoms with van der Waals surface area (Å²) < 4.78 is 0.546. The van der Waals surface area contributed by atoms with Crippen LogP contribution in [0.5, 0.6) is 0 Å². The van der Waals surface area contributed by atoms with E-state index in [1.165, 1.54) is 0 Å². The van der Waals surface area contributed by atoms with E-state index in [1.54, 1.807) is 19.1 Å². The van der Waals surface area contributed by atoms with Gasteiger partial charge < -0.3 is 0 Å². The normalized spacial score (nSPS) is 9.92. The number of nitro groups is 1. The molecule has 1 aromatic rings. The number of benzene rings is 1. The second-order valence-electron chi connectivity index (χ2n) is 2.67. The molecule has 0 aliphatic carbocycles. The van der Waals surface area contributed by atoms with Crippen molar-refractivity contribution >= 4 is 21.6 Å². The van der Waals surface area contributed by atoms with E-state index in [1.807, 2.05) is 6.92 Å². The zero-order valence-corrected chi connectivity index (χ0v) is 8.38. The second-order valence-corrected chi connectivity index (χ2v) is 3.52. The molecule has 0 N–H and O–H groups in total. The molecule has 0 aliphatic rings. The van der Waals surface area contributed by atoms with Gasteiger partial charge in [-0.25, -0.2) is 0 Å². The number of halogens is 1. The molecule has 4 heteroatoms. The average Bonchev–Trinajstić information content (AvgIpc) is 1.82. The fraction of sp³-hybridized carbons (Fsp3) is 0.250. The van der Waals surface area contributed by atoms with Gasteiger partial charge in [0.1, 0.15) is 0 Å². The molecule has 0 bridgehead atoms. The molecular weight excluding hydrogens is 222 g/mol. The van der Waals surface area contributed by atoms with Crippen LogP contribution in [0.2, 0.25) is 0 Å². The van der Waals surface area contributed by atoms with Crippen molar-refractivity contribution in [2.24, 2.45) is 0 Å². The lowest BCUT2D eigenvalue weighted by Gasteiger charge is -2.00. The summed E-state index contributed by atoms with van der Waals surface area (Å²) in [5.41, 5.74) is 1.86. The van der Waals surface area contributed by atoms with Gasteiger partial charge in [0.25, 0.3) is 5.69 Å². The monoisotopic (exact) mass is 229 g/mol. The lowest BCUT2D eigenvalue weighted by atomic mass is 10.1. The third kappa shape index (κ3) is 1.64. The molecule has 0 saturated carbocycles. The summed E-state index contributed by atoms with van der Waals surface area (Å²) in [6.07, 6.45) is 0. The Morgan fingerprint density at radius 2 is 2.00 bits per heavy atom. The minimum absolute atomic E-state index is 0.153. The molecule has 64 valence electrons. The zero-order chi connectivity index (χ0) is 9.30. The van der Waals surface area contributed by atoms with Gasteiger partial charge >= 0.3 is 0 Å². The van der Waals surface area contributed by atoms with Gasteiger partial charge in [0, 0.05) is 5.56 Å². The molecule has 0 atom stereocenters. The standard InChI is InChI=1S/C8H8BrNO2/c1-5-3-6(2)8(10(11)12)7(9)4-5/h3-4H,1-2H3. The number of hydrogen-bond donors (Lipinski definition) is 0. The van der Waals surface area contributed by atoms with Crippen LogP contribution in [0.25, 0.3) is 0 Å². The third-order valence-corrected chi connectivity index (χ3v) is 2.19. The minimum atomic E-state index is -0.376. The Morgan fingerprint density at radius 1 is 1.42 bits per heavy atom. The molecule has 0 radical (unpaired) electrons. The first-order chi connectivity index (χ1) is 5.52. The van der Waals surface area contributed by atoms with Crippen molar-refractivity contribution in [3.63, 3.8) is 0 Å². The van der Waals surface area contributed by atoms with Crippen LogP contribution < -0.4 is 0 Å². The van der Waals surface area contributed by atoms with Gasteiger partial charge in [-0.15, -0.1) is 0 Å². The number of nitro benzene ring substituents is 1. The van der Waals surface area contributed by atoms with Crippen LogP contribution in [-0.4, -0.2) is 4.92 Å². The molecule has 12 heavy (non-hydrogen) atoms. The Hall–Kier alpha value is -0.900. The van der Waals surface area contributed by atoms with Crippen LogP contribution in [0.4, 0.5) is 5.69 Å². The first-order valence-electron chi connectivity index (χ1n) is 3.43. The van der Waals surface area contributed by atoms with Gasteiger partial charge in [-0.1, -0.05) is 0 Å². The van der Waals surface area contributed by atoms with Gasteiger partial charge in [0.05, 0.1) is 9.40 Å². The summed E-state index contributed by atoms with van der Waals surface area (Å²) in [6.45, 7) is 3.64. The Labute approximate surface area is 78.7 Å². The Bertz CT molecular complexity index is 313. The smallest absolute Gasteiger partial charge is 0.258 e. The minimum Gasteiger partial charge on any atom is -0.258 e. The van der Waals surface area contributed by atoms with Gasteiger partial charge in [-0.2, -0.15) is 0 Å². The first kappa shape index (κ1) is 9.19. The van der Waals surface area contributed by atoms with Gasteiger partial charge in [0.2, 0.25) is 0 Å². The maximum Gasteiger partial charge on any atom is 0.286 e. The summed E-state index contributed by atoms with van der Waals surface area (Å²) >= 11 is 3.16. The summed E-state index contributed by atoms with van der Waals surface area (Å²) in [6, 6.07) is 3.54. The Kier molecular flexibility index (Phi) is 2.47. The fourth-order valence-electron chi connectivity index (χ4n) is 1.14. The van der Waals surface area contributed by atoms with Crippen LogP contribution in [0.3, 0.4) is 0 Å². The molecule has 3 nitrogen and oxygen atoms in total. The maximum absolute atomic E-state index is 10.5. The van der Waals surface area contributed by atoms with Gasteiger partial charge in [-0.3, -0.25) is 10.1 Å². The lowest BCUT2D eigenvalue weighted by Crippen LogP contribution is -1.93. The number of hydrogen-bond acceptors (Lipinski definition) is 2. The highest BCUT2D eigenvalue weighted by Gasteiger charge is 2.15. The van der Waals surface area contributed by atoms with Crippen LogP contribution in [0.1, 0.15) is 11.1 Å². The van der Waals surface area contributed by atoms with Gasteiger partial charge in [-0.05, 0) is 47.5 Å². The van der Waals surface area contributed by atoms with E-state index in [0.717, 1.165) is 5.56 Å². The molecule has 0 amide bonds. The van der Waals surface area contributed by atoms with Gasteiger partial charge in [0.15, 0.2) is 0 Å². The van der Waals surface area contributed by atoms with Crippen molar-refractivity contribution in [2.45, 2.75) is 13.8 Å². The number of aryl methyl sites for hydroxylation is 2. The molecule has 0 spiro atoms. The molecule has 0 fully saturated rings. The van der Waals surface area contributed by atoms with E-state index in [4.69, 9.17) is 0 Å². The largest absolute Gasteiger partial charge is 0.286 e. The molecule has 1 aromatic carbocycles. The van der Waals surface area contributed by atoms with E-state index in [0.29, 0.717) is 10.0 Å². The Morgan fingerprint density at radius 3 is 2.42 bits per heavy atom. The molecule has 0 aliphatic heterocycles. The highest BCUT2D eigenvalue weighted by atomic mass is 79.9. The van der Waals surface area contributed by atoms with Crippen molar-refractivity contribution in [1.82, 2.24) is 0 Å². The second kappa shape index (κ2) is 3.23. The SMILES string of the molecule is Cc1cc(C)c([N+](=O)[O-])c(Br)c1. The van der Waals surface area contributed by atoms with Crippen LogP contribution >= 0.6 is 15.9 Å². The summed E-state index contributed by atoms with van der Waals surface area (Å²) in [5, 5.41) is 10.5. The summed E-state index contributed by atoms with van der Waals surface area (Å²) in [7, 11) is 0. The van der Waals surface area contributed by atoms with E-state index < -0.39 is 0 Å². The van der Waals surface area contributed by atoms with E-state index in [9.17, 15) is 10.1 Å². The van der Waals surface area contributed by atoms with Crippen LogP contribution in [0, 0.1) is 24.0 Å². The molecule has 0 aromatic heterocycles. The number of nitrogens with zero attached hydrogens (tertiary/aromatic N) is 1. The molecule has 0 heterocycles. The highest BCUT2D eigenvalue weighted by Crippen LogP contribution is 2.29. The zero-order valence-electron chi connectivity index (χ0n) is 6.80. The average molecular weight is 230 g/mol. The lowest BCUT2D eigenvalue weighted by molar-refractivity contribution is -0.386. The summed E-state index contributed by atoms with van der Waals surface area (Å²) in [4.78, 5) is 10.2. The molecule has 0 saturated heterocycles. The number of rotatable bonds is 1. The van der Waals surface area contributed by atoms with Crippen molar-refractivity contribution in [3.05, 3.63) is 37.8 Å².